The van der Waals surface area contributed by atoms with E-state index in [0.717, 1.165) is 0 Å². The standard InChI is InChI=1S/C12H17NO4S/c1-10(6-5-9-18(13,15)16)17-12(14)11-7-3-2-4-8-11/h2-4,7-8,10H,5-6,9H2,1H3,(H2,13,15,16)/t10-/m0/s1. The Balaban J connectivity index is 2.37. The Hall–Kier alpha value is -1.40. The lowest BCUT2D eigenvalue weighted by atomic mass is 10.2. The zero-order valence-corrected chi connectivity index (χ0v) is 11.0. The molecule has 1 aromatic carbocycles. The van der Waals surface area contributed by atoms with E-state index in [4.69, 9.17) is 9.88 Å². The summed E-state index contributed by atoms with van der Waals surface area (Å²) in [5, 5.41) is 4.88. The van der Waals surface area contributed by atoms with Crippen molar-refractivity contribution in [2.45, 2.75) is 25.9 Å². The number of rotatable bonds is 6. The highest BCUT2D eigenvalue weighted by atomic mass is 32.2. The van der Waals surface area contributed by atoms with E-state index in [1.54, 1.807) is 31.2 Å². The molecule has 100 valence electrons. The molecule has 0 fully saturated rings. The van der Waals surface area contributed by atoms with Crippen molar-refractivity contribution in [2.75, 3.05) is 5.75 Å². The van der Waals surface area contributed by atoms with Gasteiger partial charge < -0.3 is 4.74 Å². The Labute approximate surface area is 107 Å². The number of carbonyl (C=O) groups excluding carboxylic acids is 1. The first-order chi connectivity index (χ1) is 8.38. The van der Waals surface area contributed by atoms with E-state index in [9.17, 15) is 13.2 Å². The van der Waals surface area contributed by atoms with Crippen molar-refractivity contribution in [1.82, 2.24) is 0 Å². The van der Waals surface area contributed by atoms with E-state index >= 15 is 0 Å². The van der Waals surface area contributed by atoms with E-state index in [0.29, 0.717) is 18.4 Å². The molecule has 1 aromatic rings. The second-order valence-corrected chi connectivity index (χ2v) is 5.83. The normalized spacial score (nSPS) is 13.0. The third kappa shape index (κ3) is 5.79. The molecule has 0 unspecified atom stereocenters. The Kier molecular flexibility index (Phi) is 5.30. The predicted molar refractivity (Wildman–Crippen MR) is 68.5 cm³/mol. The van der Waals surface area contributed by atoms with Crippen LogP contribution in [0.5, 0.6) is 0 Å². The maximum Gasteiger partial charge on any atom is 0.338 e. The second kappa shape index (κ2) is 6.51. The molecule has 0 saturated carbocycles. The van der Waals surface area contributed by atoms with Gasteiger partial charge in [-0.05, 0) is 31.9 Å². The van der Waals surface area contributed by atoms with Crippen LogP contribution in [-0.4, -0.2) is 26.2 Å². The van der Waals surface area contributed by atoms with Crippen molar-refractivity contribution in [3.8, 4) is 0 Å². The van der Waals surface area contributed by atoms with Crippen LogP contribution in [0.25, 0.3) is 0 Å². The molecule has 0 saturated heterocycles. The summed E-state index contributed by atoms with van der Waals surface area (Å²) in [6, 6.07) is 8.65. The first-order valence-electron chi connectivity index (χ1n) is 5.65. The lowest BCUT2D eigenvalue weighted by Gasteiger charge is -2.12. The lowest BCUT2D eigenvalue weighted by molar-refractivity contribution is 0.0324. The van der Waals surface area contributed by atoms with Crippen molar-refractivity contribution in [3.05, 3.63) is 35.9 Å². The summed E-state index contributed by atoms with van der Waals surface area (Å²) in [6.07, 6.45) is 0.510. The fourth-order valence-corrected chi connectivity index (χ4v) is 2.02. The van der Waals surface area contributed by atoms with Crippen molar-refractivity contribution < 1.29 is 17.9 Å². The molecule has 0 aliphatic heterocycles. The fourth-order valence-electron chi connectivity index (χ4n) is 1.46. The van der Waals surface area contributed by atoms with Crippen molar-refractivity contribution in [1.29, 1.82) is 0 Å². The average molecular weight is 271 g/mol. The largest absolute Gasteiger partial charge is 0.459 e. The summed E-state index contributed by atoms with van der Waals surface area (Å²) in [4.78, 5) is 11.6. The Morgan fingerprint density at radius 1 is 1.33 bits per heavy atom. The Bertz CT molecular complexity index is 484. The topological polar surface area (TPSA) is 86.5 Å². The zero-order chi connectivity index (χ0) is 13.6. The molecule has 2 N–H and O–H groups in total. The third-order valence-corrected chi connectivity index (χ3v) is 3.21. The molecule has 0 bridgehead atoms. The molecule has 0 heterocycles. The smallest absolute Gasteiger partial charge is 0.338 e. The number of esters is 1. The van der Waals surface area contributed by atoms with Crippen molar-refractivity contribution in [3.63, 3.8) is 0 Å². The highest BCUT2D eigenvalue weighted by Gasteiger charge is 2.12. The van der Waals surface area contributed by atoms with Gasteiger partial charge in [0.25, 0.3) is 0 Å². The van der Waals surface area contributed by atoms with E-state index in [1.807, 2.05) is 6.07 Å². The zero-order valence-electron chi connectivity index (χ0n) is 10.2. The van der Waals surface area contributed by atoms with Gasteiger partial charge in [0.1, 0.15) is 0 Å². The SMILES string of the molecule is C[C@@H](CCCS(N)(=O)=O)OC(=O)c1ccccc1. The van der Waals surface area contributed by atoms with Gasteiger partial charge in [0.05, 0.1) is 17.4 Å². The van der Waals surface area contributed by atoms with Gasteiger partial charge in [0, 0.05) is 0 Å². The monoisotopic (exact) mass is 271 g/mol. The maximum atomic E-state index is 11.6. The number of hydrogen-bond acceptors (Lipinski definition) is 4. The number of hydrogen-bond donors (Lipinski definition) is 1. The molecule has 5 nitrogen and oxygen atoms in total. The molecule has 0 amide bonds. The summed E-state index contributed by atoms with van der Waals surface area (Å²) < 4.78 is 26.6. The van der Waals surface area contributed by atoms with Crippen LogP contribution < -0.4 is 5.14 Å². The van der Waals surface area contributed by atoms with E-state index < -0.39 is 16.0 Å². The second-order valence-electron chi connectivity index (χ2n) is 4.09. The summed E-state index contributed by atoms with van der Waals surface area (Å²) in [5.74, 6) is -0.501. The van der Waals surface area contributed by atoms with Crippen LogP contribution in [0, 0.1) is 0 Å². The molecule has 18 heavy (non-hydrogen) atoms. The Morgan fingerprint density at radius 3 is 2.50 bits per heavy atom. The van der Waals surface area contributed by atoms with Crippen molar-refractivity contribution in [2.24, 2.45) is 5.14 Å². The molecule has 1 atom stereocenters. The summed E-state index contributed by atoms with van der Waals surface area (Å²) in [5.41, 5.74) is 0.482. The molecule has 0 spiro atoms. The molecular weight excluding hydrogens is 254 g/mol. The van der Waals surface area contributed by atoms with Gasteiger partial charge in [0.15, 0.2) is 0 Å². The molecular formula is C12H17NO4S. The Morgan fingerprint density at radius 2 is 1.94 bits per heavy atom. The predicted octanol–water partition coefficient (Wildman–Crippen LogP) is 1.30. The van der Waals surface area contributed by atoms with Gasteiger partial charge >= 0.3 is 5.97 Å². The van der Waals surface area contributed by atoms with E-state index in [-0.39, 0.29) is 11.9 Å². The highest BCUT2D eigenvalue weighted by Crippen LogP contribution is 2.08. The first kappa shape index (κ1) is 14.7. The summed E-state index contributed by atoms with van der Waals surface area (Å²) in [6.45, 7) is 1.73. The van der Waals surface area contributed by atoms with Crippen LogP contribution in [0.4, 0.5) is 0 Å². The summed E-state index contributed by atoms with van der Waals surface area (Å²) in [7, 11) is -3.44. The molecule has 6 heteroatoms. The molecule has 0 aliphatic rings. The minimum absolute atomic E-state index is 0.0970. The number of nitrogens with two attached hydrogens (primary N) is 1. The molecule has 1 rings (SSSR count). The first-order valence-corrected chi connectivity index (χ1v) is 7.36. The minimum atomic E-state index is -3.44. The van der Waals surface area contributed by atoms with Gasteiger partial charge in [0.2, 0.25) is 10.0 Å². The lowest BCUT2D eigenvalue weighted by Crippen LogP contribution is -2.19. The minimum Gasteiger partial charge on any atom is -0.459 e. The number of benzene rings is 1. The van der Waals surface area contributed by atoms with E-state index in [1.165, 1.54) is 0 Å². The van der Waals surface area contributed by atoms with Gasteiger partial charge in [-0.25, -0.2) is 18.4 Å². The van der Waals surface area contributed by atoms with Crippen LogP contribution in [0.1, 0.15) is 30.1 Å². The van der Waals surface area contributed by atoms with Gasteiger partial charge in [-0.1, -0.05) is 18.2 Å². The number of ether oxygens (including phenoxy) is 1. The third-order valence-electron chi connectivity index (χ3n) is 2.36. The maximum absolute atomic E-state index is 11.6. The number of sulfonamides is 1. The summed E-state index contributed by atoms with van der Waals surface area (Å²) >= 11 is 0. The van der Waals surface area contributed by atoms with Crippen LogP contribution in [-0.2, 0) is 14.8 Å². The van der Waals surface area contributed by atoms with Crippen LogP contribution >= 0.6 is 0 Å². The van der Waals surface area contributed by atoms with Crippen LogP contribution in [0.2, 0.25) is 0 Å². The van der Waals surface area contributed by atoms with Crippen LogP contribution in [0.3, 0.4) is 0 Å². The van der Waals surface area contributed by atoms with Gasteiger partial charge in [-0.2, -0.15) is 0 Å². The number of primary sulfonamides is 1. The molecule has 0 aliphatic carbocycles. The highest BCUT2D eigenvalue weighted by molar-refractivity contribution is 7.89. The van der Waals surface area contributed by atoms with Crippen molar-refractivity contribution >= 4 is 16.0 Å². The van der Waals surface area contributed by atoms with E-state index in [2.05, 4.69) is 0 Å². The van der Waals surface area contributed by atoms with Gasteiger partial charge in [-0.15, -0.1) is 0 Å². The fraction of sp³-hybridized carbons (Fsp3) is 0.417. The molecule has 0 radical (unpaired) electrons. The average Bonchev–Trinajstić information content (AvgIpc) is 2.28. The van der Waals surface area contributed by atoms with Gasteiger partial charge in [-0.3, -0.25) is 0 Å². The number of carbonyl (C=O) groups is 1. The quantitative estimate of drug-likeness (QED) is 0.790. The van der Waals surface area contributed by atoms with Crippen LogP contribution in [0.15, 0.2) is 30.3 Å². The molecule has 0 aromatic heterocycles.